The summed E-state index contributed by atoms with van der Waals surface area (Å²) >= 11 is 0. The number of hydrogen-bond acceptors (Lipinski definition) is 5. The molecular weight excluding hydrogens is 325 g/mol. The standard InChI is InChI=1S/C12H11F3N2O4S/c1-22(19,20)5-4-10(18)16-7-2-3-8-9(6-7)21-11(17-8)12(13,14)15/h2-3,6H,4-5H2,1H3,(H,16,18). The first-order valence-corrected chi connectivity index (χ1v) is 8.06. The van der Waals surface area contributed by atoms with E-state index in [2.05, 4.69) is 14.7 Å². The van der Waals surface area contributed by atoms with Gasteiger partial charge in [0, 0.05) is 24.4 Å². The Balaban J connectivity index is 2.14. The number of halogens is 3. The highest BCUT2D eigenvalue weighted by atomic mass is 32.2. The number of hydrogen-bond donors (Lipinski definition) is 1. The first-order valence-electron chi connectivity index (χ1n) is 6.00. The van der Waals surface area contributed by atoms with Crippen molar-refractivity contribution in [1.82, 2.24) is 4.98 Å². The number of amides is 1. The molecule has 1 aromatic carbocycles. The number of nitrogens with zero attached hydrogens (tertiary/aromatic N) is 1. The van der Waals surface area contributed by atoms with Crippen LogP contribution in [0.4, 0.5) is 18.9 Å². The molecule has 1 N–H and O–H groups in total. The van der Waals surface area contributed by atoms with Crippen LogP contribution in [0.1, 0.15) is 12.3 Å². The predicted octanol–water partition coefficient (Wildman–Crippen LogP) is 2.22. The lowest BCUT2D eigenvalue weighted by molar-refractivity contribution is -0.156. The summed E-state index contributed by atoms with van der Waals surface area (Å²) in [5.74, 6) is -2.26. The normalized spacial score (nSPS) is 12.5. The van der Waals surface area contributed by atoms with Gasteiger partial charge in [0.25, 0.3) is 0 Å². The molecule has 2 rings (SSSR count). The summed E-state index contributed by atoms with van der Waals surface area (Å²) in [6.07, 6.45) is -3.95. The van der Waals surface area contributed by atoms with E-state index >= 15 is 0 Å². The van der Waals surface area contributed by atoms with Crippen molar-refractivity contribution in [2.45, 2.75) is 12.6 Å². The summed E-state index contributed by atoms with van der Waals surface area (Å²) in [6, 6.07) is 3.81. The maximum absolute atomic E-state index is 12.5. The second-order valence-electron chi connectivity index (χ2n) is 4.63. The summed E-state index contributed by atoms with van der Waals surface area (Å²) in [4.78, 5) is 14.8. The van der Waals surface area contributed by atoms with Gasteiger partial charge in [-0.15, -0.1) is 0 Å². The van der Waals surface area contributed by atoms with Crippen molar-refractivity contribution in [3.8, 4) is 0 Å². The molecule has 1 amide bonds. The number of carbonyl (C=O) groups is 1. The van der Waals surface area contributed by atoms with Gasteiger partial charge < -0.3 is 9.73 Å². The van der Waals surface area contributed by atoms with Crippen LogP contribution < -0.4 is 5.32 Å². The van der Waals surface area contributed by atoms with Crippen molar-refractivity contribution in [2.75, 3.05) is 17.3 Å². The molecule has 0 saturated carbocycles. The third kappa shape index (κ3) is 4.20. The zero-order valence-electron chi connectivity index (χ0n) is 11.3. The van der Waals surface area contributed by atoms with E-state index in [9.17, 15) is 26.4 Å². The Bertz CT molecular complexity index is 811. The number of oxazole rings is 1. The highest BCUT2D eigenvalue weighted by molar-refractivity contribution is 7.90. The number of benzene rings is 1. The van der Waals surface area contributed by atoms with Gasteiger partial charge in [0.1, 0.15) is 15.4 Å². The zero-order chi connectivity index (χ0) is 16.5. The Hall–Kier alpha value is -2.10. The molecule has 2 aromatic rings. The lowest BCUT2D eigenvalue weighted by Crippen LogP contribution is -2.16. The Morgan fingerprint density at radius 3 is 2.64 bits per heavy atom. The monoisotopic (exact) mass is 336 g/mol. The van der Waals surface area contributed by atoms with Gasteiger partial charge in [-0.05, 0) is 12.1 Å². The minimum absolute atomic E-state index is 0.00135. The Morgan fingerprint density at radius 2 is 2.05 bits per heavy atom. The maximum Gasteiger partial charge on any atom is 0.468 e. The molecule has 0 spiro atoms. The van der Waals surface area contributed by atoms with E-state index in [4.69, 9.17) is 0 Å². The molecule has 0 unspecified atom stereocenters. The van der Waals surface area contributed by atoms with Gasteiger partial charge >= 0.3 is 12.1 Å². The summed E-state index contributed by atoms with van der Waals surface area (Å²) in [5.41, 5.74) is 0.0607. The van der Waals surface area contributed by atoms with E-state index in [1.807, 2.05) is 0 Å². The van der Waals surface area contributed by atoms with Gasteiger partial charge in [-0.1, -0.05) is 0 Å². The van der Waals surface area contributed by atoms with Crippen LogP contribution in [0.2, 0.25) is 0 Å². The van der Waals surface area contributed by atoms with Gasteiger partial charge in [0.2, 0.25) is 5.91 Å². The van der Waals surface area contributed by atoms with E-state index in [-0.39, 0.29) is 29.0 Å². The van der Waals surface area contributed by atoms with Crippen molar-refractivity contribution < 1.29 is 30.8 Å². The number of aromatic nitrogens is 1. The molecular formula is C12H11F3N2O4S. The van der Waals surface area contributed by atoms with E-state index in [0.717, 1.165) is 6.26 Å². The number of nitrogens with one attached hydrogen (secondary N) is 1. The van der Waals surface area contributed by atoms with Crippen molar-refractivity contribution in [3.63, 3.8) is 0 Å². The largest absolute Gasteiger partial charge is 0.468 e. The molecule has 0 fully saturated rings. The van der Waals surface area contributed by atoms with Crippen LogP contribution >= 0.6 is 0 Å². The number of anilines is 1. The molecule has 120 valence electrons. The fraction of sp³-hybridized carbons (Fsp3) is 0.333. The molecule has 0 radical (unpaired) electrons. The number of carbonyl (C=O) groups excluding carboxylic acids is 1. The number of alkyl halides is 3. The molecule has 0 bridgehead atoms. The molecule has 22 heavy (non-hydrogen) atoms. The average Bonchev–Trinajstić information content (AvgIpc) is 2.78. The third-order valence-corrected chi connectivity index (χ3v) is 3.56. The quantitative estimate of drug-likeness (QED) is 0.925. The van der Waals surface area contributed by atoms with Crippen molar-refractivity contribution in [3.05, 3.63) is 24.1 Å². The van der Waals surface area contributed by atoms with Gasteiger partial charge in [0.05, 0.1) is 5.75 Å². The van der Waals surface area contributed by atoms with Crippen LogP contribution in [0.15, 0.2) is 22.6 Å². The van der Waals surface area contributed by atoms with Crippen LogP contribution in [0, 0.1) is 0 Å². The molecule has 0 atom stereocenters. The van der Waals surface area contributed by atoms with Crippen LogP contribution in [0.5, 0.6) is 0 Å². The smallest absolute Gasteiger partial charge is 0.433 e. The molecule has 1 heterocycles. The molecule has 0 aliphatic rings. The van der Waals surface area contributed by atoms with E-state index in [1.165, 1.54) is 18.2 Å². The van der Waals surface area contributed by atoms with Gasteiger partial charge in [-0.3, -0.25) is 4.79 Å². The first kappa shape index (κ1) is 16.3. The topological polar surface area (TPSA) is 89.3 Å². The highest BCUT2D eigenvalue weighted by Crippen LogP contribution is 2.31. The minimum Gasteiger partial charge on any atom is -0.433 e. The fourth-order valence-electron chi connectivity index (χ4n) is 1.63. The Morgan fingerprint density at radius 1 is 1.36 bits per heavy atom. The van der Waals surface area contributed by atoms with E-state index in [1.54, 1.807) is 0 Å². The van der Waals surface area contributed by atoms with Crippen LogP contribution in [0.3, 0.4) is 0 Å². The van der Waals surface area contributed by atoms with Crippen LogP contribution in [-0.2, 0) is 20.8 Å². The number of fused-ring (bicyclic) bond motifs is 1. The number of rotatable bonds is 4. The Kier molecular flexibility index (Phi) is 4.14. The minimum atomic E-state index is -4.70. The molecule has 0 saturated heterocycles. The van der Waals surface area contributed by atoms with Crippen molar-refractivity contribution in [1.29, 1.82) is 0 Å². The van der Waals surface area contributed by atoms with E-state index in [0.29, 0.717) is 0 Å². The summed E-state index contributed by atoms with van der Waals surface area (Å²) < 4.78 is 63.9. The summed E-state index contributed by atoms with van der Waals surface area (Å²) in [7, 11) is -3.27. The fourth-order valence-corrected chi connectivity index (χ4v) is 2.18. The molecule has 10 heteroatoms. The van der Waals surface area contributed by atoms with Gasteiger partial charge in [-0.25, -0.2) is 13.4 Å². The first-order chi connectivity index (χ1) is 10.0. The molecule has 0 aliphatic heterocycles. The highest BCUT2D eigenvalue weighted by Gasteiger charge is 2.37. The lowest BCUT2D eigenvalue weighted by atomic mass is 10.3. The summed E-state index contributed by atoms with van der Waals surface area (Å²) in [5, 5.41) is 2.38. The average molecular weight is 336 g/mol. The zero-order valence-corrected chi connectivity index (χ0v) is 12.1. The molecule has 6 nitrogen and oxygen atoms in total. The maximum atomic E-state index is 12.5. The van der Waals surface area contributed by atoms with E-state index < -0.39 is 27.8 Å². The van der Waals surface area contributed by atoms with Crippen molar-refractivity contribution in [2.24, 2.45) is 0 Å². The van der Waals surface area contributed by atoms with Crippen LogP contribution in [0.25, 0.3) is 11.1 Å². The lowest BCUT2D eigenvalue weighted by Gasteiger charge is -2.04. The van der Waals surface area contributed by atoms with Gasteiger partial charge in [-0.2, -0.15) is 13.2 Å². The third-order valence-electron chi connectivity index (χ3n) is 2.61. The van der Waals surface area contributed by atoms with Crippen LogP contribution in [-0.4, -0.2) is 31.3 Å². The van der Waals surface area contributed by atoms with Gasteiger partial charge in [0.15, 0.2) is 5.58 Å². The molecule has 1 aromatic heterocycles. The van der Waals surface area contributed by atoms with Crippen molar-refractivity contribution >= 4 is 32.5 Å². The second-order valence-corrected chi connectivity index (χ2v) is 6.89. The number of sulfone groups is 1. The Labute approximate surface area is 123 Å². The predicted molar refractivity (Wildman–Crippen MR) is 72.0 cm³/mol. The second kappa shape index (κ2) is 5.59. The SMILES string of the molecule is CS(=O)(=O)CCC(=O)Nc1ccc2nc(C(F)(F)F)oc2c1. The summed E-state index contributed by atoms with van der Waals surface area (Å²) in [6.45, 7) is 0. The molecule has 0 aliphatic carbocycles.